The van der Waals surface area contributed by atoms with Gasteiger partial charge in [-0.1, -0.05) is 30.3 Å². The van der Waals surface area contributed by atoms with Crippen LogP contribution in [-0.2, 0) is 7.05 Å². The van der Waals surface area contributed by atoms with Gasteiger partial charge in [-0.15, -0.1) is 0 Å². The molecule has 0 fully saturated rings. The SMILES string of the molecule is Cc1cccc(-c2c3ccccc3nc[n+]2C)c1C. The normalized spacial score (nSPS) is 10.9. The third-order valence-corrected chi connectivity index (χ3v) is 3.74. The van der Waals surface area contributed by atoms with Crippen molar-refractivity contribution in [2.24, 2.45) is 7.05 Å². The second kappa shape index (κ2) is 4.47. The van der Waals surface area contributed by atoms with Crippen molar-refractivity contribution < 1.29 is 4.57 Å². The lowest BCUT2D eigenvalue weighted by Crippen LogP contribution is -2.31. The molecule has 0 N–H and O–H groups in total. The Balaban J connectivity index is 2.42. The monoisotopic (exact) mass is 249 g/mol. The van der Waals surface area contributed by atoms with Crippen LogP contribution >= 0.6 is 0 Å². The molecule has 1 aromatic heterocycles. The third kappa shape index (κ3) is 1.89. The molecule has 0 aliphatic rings. The predicted molar refractivity (Wildman–Crippen MR) is 77.8 cm³/mol. The van der Waals surface area contributed by atoms with Crippen molar-refractivity contribution in [3.05, 3.63) is 59.9 Å². The molecule has 0 aliphatic carbocycles. The Morgan fingerprint density at radius 1 is 0.947 bits per heavy atom. The van der Waals surface area contributed by atoms with E-state index in [1.54, 1.807) is 0 Å². The number of rotatable bonds is 1. The summed E-state index contributed by atoms with van der Waals surface area (Å²) in [7, 11) is 2.05. The summed E-state index contributed by atoms with van der Waals surface area (Å²) in [5.41, 5.74) is 6.19. The molecular formula is C17H17N2+. The van der Waals surface area contributed by atoms with Crippen LogP contribution in [0.15, 0.2) is 48.8 Å². The van der Waals surface area contributed by atoms with Gasteiger partial charge in [-0.2, -0.15) is 0 Å². The second-order valence-corrected chi connectivity index (χ2v) is 4.97. The molecule has 2 heteroatoms. The van der Waals surface area contributed by atoms with Gasteiger partial charge in [0, 0.05) is 5.56 Å². The molecule has 2 aromatic carbocycles. The first-order chi connectivity index (χ1) is 9.18. The Kier molecular flexibility index (Phi) is 2.79. The molecule has 3 rings (SSSR count). The molecule has 2 nitrogen and oxygen atoms in total. The van der Waals surface area contributed by atoms with E-state index in [0.29, 0.717) is 0 Å². The molecule has 0 saturated carbocycles. The van der Waals surface area contributed by atoms with Gasteiger partial charge in [0.25, 0.3) is 6.33 Å². The van der Waals surface area contributed by atoms with Gasteiger partial charge < -0.3 is 0 Å². The zero-order valence-corrected chi connectivity index (χ0v) is 11.5. The summed E-state index contributed by atoms with van der Waals surface area (Å²) in [5.74, 6) is 0. The molecule has 0 spiro atoms. The topological polar surface area (TPSA) is 16.8 Å². The maximum atomic E-state index is 4.48. The van der Waals surface area contributed by atoms with E-state index in [2.05, 4.69) is 66.8 Å². The van der Waals surface area contributed by atoms with E-state index in [1.807, 2.05) is 12.4 Å². The first-order valence-corrected chi connectivity index (χ1v) is 6.48. The molecule has 1 heterocycles. The fraction of sp³-hybridized carbons (Fsp3) is 0.176. The van der Waals surface area contributed by atoms with Crippen molar-refractivity contribution in [3.8, 4) is 11.3 Å². The van der Waals surface area contributed by atoms with Gasteiger partial charge in [0.15, 0.2) is 5.52 Å². The van der Waals surface area contributed by atoms with Crippen LogP contribution in [-0.4, -0.2) is 4.98 Å². The minimum atomic E-state index is 1.04. The van der Waals surface area contributed by atoms with Crippen LogP contribution < -0.4 is 4.57 Å². The first kappa shape index (κ1) is 11.8. The van der Waals surface area contributed by atoms with Gasteiger partial charge in [0.2, 0.25) is 0 Å². The average molecular weight is 249 g/mol. The number of benzene rings is 2. The van der Waals surface area contributed by atoms with Gasteiger partial charge in [0.1, 0.15) is 5.69 Å². The molecule has 0 amide bonds. The molecule has 3 aromatic rings. The highest BCUT2D eigenvalue weighted by Crippen LogP contribution is 2.27. The largest absolute Gasteiger partial charge is 0.287 e. The maximum Gasteiger partial charge on any atom is 0.287 e. The predicted octanol–water partition coefficient (Wildman–Crippen LogP) is 3.34. The minimum absolute atomic E-state index is 1.04. The van der Waals surface area contributed by atoms with E-state index in [4.69, 9.17) is 0 Å². The number of hydrogen-bond donors (Lipinski definition) is 0. The smallest absolute Gasteiger partial charge is 0.232 e. The van der Waals surface area contributed by atoms with Crippen LogP contribution in [0.3, 0.4) is 0 Å². The number of fused-ring (bicyclic) bond motifs is 1. The quantitative estimate of drug-likeness (QED) is 0.604. The maximum absolute atomic E-state index is 4.48. The van der Waals surface area contributed by atoms with Gasteiger partial charge in [-0.05, 0) is 42.1 Å². The third-order valence-electron chi connectivity index (χ3n) is 3.74. The lowest BCUT2D eigenvalue weighted by atomic mass is 9.98. The standard InChI is InChI=1S/C17H17N2/c1-12-7-6-9-14(13(12)2)17-15-8-4-5-10-16(15)18-11-19(17)3/h4-11H,1-3H3/q+1. The van der Waals surface area contributed by atoms with Crippen molar-refractivity contribution in [1.29, 1.82) is 0 Å². The highest BCUT2D eigenvalue weighted by Gasteiger charge is 2.16. The first-order valence-electron chi connectivity index (χ1n) is 6.48. The van der Waals surface area contributed by atoms with Gasteiger partial charge in [-0.3, -0.25) is 0 Å². The number of nitrogens with zero attached hydrogens (tertiary/aromatic N) is 2. The van der Waals surface area contributed by atoms with Crippen molar-refractivity contribution in [2.75, 3.05) is 0 Å². The zero-order valence-electron chi connectivity index (χ0n) is 11.5. The number of aryl methyl sites for hydroxylation is 2. The number of para-hydroxylation sites is 1. The van der Waals surface area contributed by atoms with Gasteiger partial charge >= 0.3 is 0 Å². The molecule has 0 saturated heterocycles. The molecular weight excluding hydrogens is 232 g/mol. The number of hydrogen-bond acceptors (Lipinski definition) is 1. The summed E-state index contributed by atoms with van der Waals surface area (Å²) in [5, 5.41) is 1.20. The Bertz CT molecular complexity index is 760. The molecule has 0 aliphatic heterocycles. The molecule has 0 radical (unpaired) electrons. The fourth-order valence-electron chi connectivity index (χ4n) is 2.53. The average Bonchev–Trinajstić information content (AvgIpc) is 2.43. The van der Waals surface area contributed by atoms with E-state index >= 15 is 0 Å². The highest BCUT2D eigenvalue weighted by molar-refractivity contribution is 5.91. The number of aromatic nitrogens is 2. The molecule has 0 bridgehead atoms. The lowest BCUT2D eigenvalue weighted by Gasteiger charge is -2.10. The Morgan fingerprint density at radius 2 is 1.74 bits per heavy atom. The summed E-state index contributed by atoms with van der Waals surface area (Å²) < 4.78 is 2.10. The minimum Gasteiger partial charge on any atom is -0.232 e. The van der Waals surface area contributed by atoms with Gasteiger partial charge in [-0.25, -0.2) is 4.57 Å². The molecule has 94 valence electrons. The summed E-state index contributed by atoms with van der Waals surface area (Å²) in [4.78, 5) is 4.48. The van der Waals surface area contributed by atoms with Crippen LogP contribution in [0.25, 0.3) is 22.2 Å². The fourth-order valence-corrected chi connectivity index (χ4v) is 2.53. The van der Waals surface area contributed by atoms with Crippen LogP contribution in [0.4, 0.5) is 0 Å². The summed E-state index contributed by atoms with van der Waals surface area (Å²) in [6.07, 6.45) is 1.89. The summed E-state index contributed by atoms with van der Waals surface area (Å²) in [6, 6.07) is 14.8. The molecule has 0 atom stereocenters. The summed E-state index contributed by atoms with van der Waals surface area (Å²) in [6.45, 7) is 4.34. The van der Waals surface area contributed by atoms with E-state index < -0.39 is 0 Å². The van der Waals surface area contributed by atoms with E-state index in [1.165, 1.54) is 27.8 Å². The Hall–Kier alpha value is -2.22. The van der Waals surface area contributed by atoms with Crippen LogP contribution in [0.1, 0.15) is 11.1 Å². The molecule has 0 unspecified atom stereocenters. The highest BCUT2D eigenvalue weighted by atomic mass is 15.0. The van der Waals surface area contributed by atoms with Crippen molar-refractivity contribution in [3.63, 3.8) is 0 Å². The Morgan fingerprint density at radius 3 is 2.58 bits per heavy atom. The van der Waals surface area contributed by atoms with Crippen LogP contribution in [0, 0.1) is 13.8 Å². The molecule has 19 heavy (non-hydrogen) atoms. The van der Waals surface area contributed by atoms with E-state index in [9.17, 15) is 0 Å². The van der Waals surface area contributed by atoms with Crippen LogP contribution in [0.2, 0.25) is 0 Å². The lowest BCUT2D eigenvalue weighted by molar-refractivity contribution is -0.662. The van der Waals surface area contributed by atoms with E-state index in [0.717, 1.165) is 5.52 Å². The van der Waals surface area contributed by atoms with Gasteiger partial charge in [0.05, 0.1) is 12.4 Å². The van der Waals surface area contributed by atoms with Crippen molar-refractivity contribution in [1.82, 2.24) is 4.98 Å². The van der Waals surface area contributed by atoms with Crippen molar-refractivity contribution in [2.45, 2.75) is 13.8 Å². The zero-order chi connectivity index (χ0) is 13.4. The summed E-state index contributed by atoms with van der Waals surface area (Å²) >= 11 is 0. The van der Waals surface area contributed by atoms with E-state index in [-0.39, 0.29) is 0 Å². The van der Waals surface area contributed by atoms with Crippen molar-refractivity contribution >= 4 is 10.9 Å². The second-order valence-electron chi connectivity index (χ2n) is 4.97. The Labute approximate surface area is 113 Å². The van der Waals surface area contributed by atoms with Crippen LogP contribution in [0.5, 0.6) is 0 Å².